The van der Waals surface area contributed by atoms with E-state index in [9.17, 15) is 33.1 Å². The highest BCUT2D eigenvalue weighted by Gasteiger charge is 2.33. The number of carbonyl (C=O) groups is 2. The number of amides is 1. The molecule has 0 fully saturated rings. The molecule has 8 nitrogen and oxygen atoms in total. The topological polar surface area (TPSA) is 113 Å². The van der Waals surface area contributed by atoms with E-state index in [2.05, 4.69) is 4.98 Å². The van der Waals surface area contributed by atoms with Gasteiger partial charge < -0.3 is 19.5 Å². The third-order valence-electron chi connectivity index (χ3n) is 5.31. The highest BCUT2D eigenvalue weighted by Crippen LogP contribution is 2.38. The molecule has 0 saturated carbocycles. The largest absolute Gasteiger partial charge is 0.496 e. The molecule has 12 heteroatoms. The Morgan fingerprint density at radius 1 is 1.16 bits per heavy atom. The molecule has 0 bridgehead atoms. The van der Waals surface area contributed by atoms with Crippen LogP contribution in [0.4, 0.5) is 18.9 Å². The number of hydrogen-bond acceptors (Lipinski definition) is 6. The minimum absolute atomic E-state index is 0.00753. The van der Waals surface area contributed by atoms with Gasteiger partial charge in [0.05, 0.1) is 35.0 Å². The number of anilines is 1. The van der Waals surface area contributed by atoms with Gasteiger partial charge in [-0.3, -0.25) is 9.78 Å². The van der Waals surface area contributed by atoms with Crippen LogP contribution in [-0.4, -0.2) is 42.2 Å². The Morgan fingerprint density at radius 3 is 2.43 bits per heavy atom. The SMILES string of the molecule is COc1cc(Cl)c(-c2cnc(C(F)(F)F)cc2C#N)cc1C(=O)N(C)c1ccccc1OC(C)C(=O)O. The molecule has 37 heavy (non-hydrogen) atoms. The number of benzene rings is 2. The van der Waals surface area contributed by atoms with Crippen molar-refractivity contribution in [1.29, 1.82) is 5.26 Å². The van der Waals surface area contributed by atoms with E-state index < -0.39 is 29.9 Å². The number of para-hydroxylation sites is 2. The summed E-state index contributed by atoms with van der Waals surface area (Å²) in [5.74, 6) is -1.65. The summed E-state index contributed by atoms with van der Waals surface area (Å²) in [6.45, 7) is 1.33. The molecular weight excluding hydrogens is 515 g/mol. The van der Waals surface area contributed by atoms with E-state index in [0.717, 1.165) is 6.20 Å². The Bertz CT molecular complexity index is 1410. The van der Waals surface area contributed by atoms with Crippen LogP contribution in [0.5, 0.6) is 11.5 Å². The lowest BCUT2D eigenvalue weighted by Gasteiger charge is -2.23. The van der Waals surface area contributed by atoms with Gasteiger partial charge in [-0.25, -0.2) is 4.79 Å². The normalized spacial score (nSPS) is 11.8. The number of halogens is 4. The number of nitrogens with zero attached hydrogens (tertiary/aromatic N) is 3. The van der Waals surface area contributed by atoms with Crippen LogP contribution in [0.25, 0.3) is 11.1 Å². The van der Waals surface area contributed by atoms with Crippen molar-refractivity contribution in [3.05, 3.63) is 70.5 Å². The highest BCUT2D eigenvalue weighted by molar-refractivity contribution is 6.34. The van der Waals surface area contributed by atoms with Gasteiger partial charge in [-0.1, -0.05) is 23.7 Å². The first-order valence-electron chi connectivity index (χ1n) is 10.5. The summed E-state index contributed by atoms with van der Waals surface area (Å²) in [5, 5.41) is 18.7. The van der Waals surface area contributed by atoms with Gasteiger partial charge in [0, 0.05) is 30.4 Å². The van der Waals surface area contributed by atoms with Crippen LogP contribution in [0.3, 0.4) is 0 Å². The van der Waals surface area contributed by atoms with Crippen LogP contribution in [0, 0.1) is 11.3 Å². The standard InChI is InChI=1S/C25H19ClF3N3O5/c1-13(24(34)35)37-20-7-5-4-6-19(20)32(2)23(33)16-9-15(18(26)10-21(16)36-3)17-12-31-22(25(27,28)29)8-14(17)11-30/h4-10,12-13H,1-3H3,(H,34,35). The number of hydrogen-bond donors (Lipinski definition) is 1. The van der Waals surface area contributed by atoms with Crippen molar-refractivity contribution < 1.29 is 37.3 Å². The highest BCUT2D eigenvalue weighted by atomic mass is 35.5. The summed E-state index contributed by atoms with van der Waals surface area (Å²) in [7, 11) is 2.72. The van der Waals surface area contributed by atoms with E-state index in [1.807, 2.05) is 0 Å². The molecule has 0 radical (unpaired) electrons. The first-order valence-corrected chi connectivity index (χ1v) is 10.9. The van der Waals surface area contributed by atoms with Gasteiger partial charge in [-0.05, 0) is 31.2 Å². The van der Waals surface area contributed by atoms with Gasteiger partial charge in [-0.2, -0.15) is 18.4 Å². The van der Waals surface area contributed by atoms with Crippen LogP contribution in [0.1, 0.15) is 28.5 Å². The molecule has 3 rings (SSSR count). The lowest BCUT2D eigenvalue weighted by atomic mass is 9.98. The number of carbonyl (C=O) groups excluding carboxylic acids is 1. The monoisotopic (exact) mass is 533 g/mol. The first kappa shape index (κ1) is 27.3. The molecule has 1 unspecified atom stereocenters. The Balaban J connectivity index is 2.10. The fourth-order valence-electron chi connectivity index (χ4n) is 3.38. The van der Waals surface area contributed by atoms with E-state index in [-0.39, 0.29) is 44.5 Å². The Kier molecular flexibility index (Phi) is 7.93. The molecule has 0 saturated heterocycles. The maximum absolute atomic E-state index is 13.5. The molecule has 0 aliphatic heterocycles. The molecule has 0 aliphatic rings. The molecule has 1 heterocycles. The summed E-state index contributed by atoms with van der Waals surface area (Å²) >= 11 is 6.35. The smallest absolute Gasteiger partial charge is 0.433 e. The van der Waals surface area contributed by atoms with E-state index >= 15 is 0 Å². The van der Waals surface area contributed by atoms with Crippen molar-refractivity contribution >= 4 is 29.2 Å². The van der Waals surface area contributed by atoms with Crippen LogP contribution >= 0.6 is 11.6 Å². The zero-order chi connectivity index (χ0) is 27.5. The molecule has 1 aromatic heterocycles. The molecule has 1 atom stereocenters. The second kappa shape index (κ2) is 10.8. The van der Waals surface area contributed by atoms with E-state index in [0.29, 0.717) is 6.07 Å². The number of nitriles is 1. The number of pyridine rings is 1. The minimum Gasteiger partial charge on any atom is -0.496 e. The van der Waals surface area contributed by atoms with Crippen molar-refractivity contribution in [3.8, 4) is 28.7 Å². The average molecular weight is 534 g/mol. The maximum atomic E-state index is 13.5. The number of ether oxygens (including phenoxy) is 2. The molecule has 3 aromatic rings. The quantitative estimate of drug-likeness (QED) is 0.431. The van der Waals surface area contributed by atoms with E-state index in [4.69, 9.17) is 21.1 Å². The predicted octanol–water partition coefficient (Wildman–Crippen LogP) is 5.43. The summed E-state index contributed by atoms with van der Waals surface area (Å²) in [4.78, 5) is 29.4. The Labute approximate surface area is 214 Å². The lowest BCUT2D eigenvalue weighted by molar-refractivity contribution is -0.144. The third kappa shape index (κ3) is 5.76. The van der Waals surface area contributed by atoms with Crippen molar-refractivity contribution in [1.82, 2.24) is 4.98 Å². The minimum atomic E-state index is -4.76. The van der Waals surface area contributed by atoms with Gasteiger partial charge in [-0.15, -0.1) is 0 Å². The van der Waals surface area contributed by atoms with Crippen molar-refractivity contribution in [2.75, 3.05) is 19.1 Å². The van der Waals surface area contributed by atoms with E-state index in [1.54, 1.807) is 24.3 Å². The molecule has 1 N–H and O–H groups in total. The first-order chi connectivity index (χ1) is 17.4. The molecule has 1 amide bonds. The van der Waals surface area contributed by atoms with Gasteiger partial charge in [0.2, 0.25) is 0 Å². The van der Waals surface area contributed by atoms with Gasteiger partial charge in [0.1, 0.15) is 17.2 Å². The summed E-state index contributed by atoms with van der Waals surface area (Å²) < 4.78 is 50.0. The van der Waals surface area contributed by atoms with Crippen molar-refractivity contribution in [2.45, 2.75) is 19.2 Å². The van der Waals surface area contributed by atoms with Gasteiger partial charge >= 0.3 is 12.1 Å². The van der Waals surface area contributed by atoms with Crippen molar-refractivity contribution in [2.24, 2.45) is 0 Å². The van der Waals surface area contributed by atoms with Crippen LogP contribution < -0.4 is 14.4 Å². The third-order valence-corrected chi connectivity index (χ3v) is 5.62. The number of carboxylic acid groups (broad SMARTS) is 1. The van der Waals surface area contributed by atoms with Gasteiger partial charge in [0.25, 0.3) is 5.91 Å². The number of aromatic nitrogens is 1. The van der Waals surface area contributed by atoms with Crippen LogP contribution in [-0.2, 0) is 11.0 Å². The lowest BCUT2D eigenvalue weighted by Crippen LogP contribution is -2.29. The number of methoxy groups -OCH3 is 1. The maximum Gasteiger partial charge on any atom is 0.433 e. The molecule has 192 valence electrons. The Hall–Kier alpha value is -4.30. The number of carboxylic acids is 1. The number of rotatable bonds is 7. The van der Waals surface area contributed by atoms with Crippen LogP contribution in [0.2, 0.25) is 5.02 Å². The van der Waals surface area contributed by atoms with Crippen molar-refractivity contribution in [3.63, 3.8) is 0 Å². The fraction of sp³-hybridized carbons (Fsp3) is 0.200. The molecular formula is C25H19ClF3N3O5. The predicted molar refractivity (Wildman–Crippen MR) is 128 cm³/mol. The second-order valence-electron chi connectivity index (χ2n) is 7.69. The molecule has 2 aromatic carbocycles. The fourth-order valence-corrected chi connectivity index (χ4v) is 3.64. The molecule has 0 aliphatic carbocycles. The summed E-state index contributed by atoms with van der Waals surface area (Å²) in [5.41, 5.74) is -1.31. The zero-order valence-corrected chi connectivity index (χ0v) is 20.4. The molecule has 0 spiro atoms. The Morgan fingerprint density at radius 2 is 1.84 bits per heavy atom. The average Bonchev–Trinajstić information content (AvgIpc) is 2.87. The van der Waals surface area contributed by atoms with E-state index in [1.165, 1.54) is 44.2 Å². The number of alkyl halides is 3. The number of aliphatic carboxylic acids is 1. The summed E-state index contributed by atoms with van der Waals surface area (Å²) in [6.07, 6.45) is -5.09. The summed E-state index contributed by atoms with van der Waals surface area (Å²) in [6, 6.07) is 11.1. The van der Waals surface area contributed by atoms with Gasteiger partial charge in [0.15, 0.2) is 6.10 Å². The zero-order valence-electron chi connectivity index (χ0n) is 19.6. The van der Waals surface area contributed by atoms with Crippen LogP contribution in [0.15, 0.2) is 48.7 Å². The second-order valence-corrected chi connectivity index (χ2v) is 8.09.